The van der Waals surface area contributed by atoms with Gasteiger partial charge in [-0.05, 0) is 57.9 Å². The first-order chi connectivity index (χ1) is 15.3. The maximum atomic E-state index is 12.4. The first-order valence-corrected chi connectivity index (χ1v) is 10.8. The molecule has 2 rings (SSSR count). The molecule has 0 spiro atoms. The molecule has 0 saturated heterocycles. The summed E-state index contributed by atoms with van der Waals surface area (Å²) in [7, 11) is 0. The Kier molecular flexibility index (Phi) is 8.08. The van der Waals surface area contributed by atoms with Gasteiger partial charge in [-0.25, -0.2) is 4.79 Å². The number of ether oxygens (including phenoxy) is 2. The molecule has 0 radical (unpaired) electrons. The van der Waals surface area contributed by atoms with Crippen LogP contribution in [-0.2, 0) is 16.8 Å². The van der Waals surface area contributed by atoms with Crippen molar-refractivity contribution in [2.75, 3.05) is 6.61 Å². The van der Waals surface area contributed by atoms with Crippen LogP contribution in [0.3, 0.4) is 0 Å². The minimum absolute atomic E-state index is 0.00636. The lowest BCUT2D eigenvalue weighted by Gasteiger charge is -2.37. The monoisotopic (exact) mass is 458 g/mol. The van der Waals surface area contributed by atoms with Crippen LogP contribution in [0.25, 0.3) is 0 Å². The average Bonchev–Trinajstić information content (AvgIpc) is 2.68. The summed E-state index contributed by atoms with van der Waals surface area (Å²) < 4.78 is 11.5. The van der Waals surface area contributed by atoms with Crippen LogP contribution >= 0.6 is 0 Å². The molecule has 0 fully saturated rings. The van der Waals surface area contributed by atoms with E-state index >= 15 is 0 Å². The Morgan fingerprint density at radius 2 is 1.79 bits per heavy atom. The van der Waals surface area contributed by atoms with Gasteiger partial charge in [0.15, 0.2) is 0 Å². The van der Waals surface area contributed by atoms with Gasteiger partial charge in [0.05, 0.1) is 23.1 Å². The molecule has 180 valence electrons. The van der Waals surface area contributed by atoms with E-state index in [4.69, 9.17) is 9.47 Å². The number of aryl methyl sites for hydroxylation is 2. The second-order valence-electron chi connectivity index (χ2n) is 9.73. The summed E-state index contributed by atoms with van der Waals surface area (Å²) in [6.45, 7) is 12.7. The minimum atomic E-state index is -0.749. The normalized spacial score (nSPS) is 12.7. The molecule has 0 saturated carbocycles. The molecule has 8 heteroatoms. The minimum Gasteiger partial charge on any atom is -0.488 e. The van der Waals surface area contributed by atoms with Gasteiger partial charge in [-0.2, -0.15) is 0 Å². The number of nitro benzene ring substituents is 1. The Labute approximate surface area is 195 Å². The SMILES string of the molecule is Cc1cc(C)c(C(C)(C)[C@@H](CO)NC(=O)OC(C)(C)C)c(OCc2ccccc2[N+](=O)[O-])c1. The zero-order valence-corrected chi connectivity index (χ0v) is 20.4. The highest BCUT2D eigenvalue weighted by atomic mass is 16.6. The van der Waals surface area contributed by atoms with E-state index in [2.05, 4.69) is 5.32 Å². The average molecular weight is 459 g/mol. The summed E-state index contributed by atoms with van der Waals surface area (Å²) in [5, 5.41) is 24.3. The second-order valence-corrected chi connectivity index (χ2v) is 9.73. The molecule has 2 aromatic carbocycles. The number of hydrogen-bond acceptors (Lipinski definition) is 6. The molecule has 0 aliphatic heterocycles. The highest BCUT2D eigenvalue weighted by molar-refractivity contribution is 5.68. The van der Waals surface area contributed by atoms with E-state index in [0.29, 0.717) is 11.3 Å². The Hall–Kier alpha value is -3.13. The van der Waals surface area contributed by atoms with Crippen LogP contribution < -0.4 is 10.1 Å². The third kappa shape index (κ3) is 6.68. The summed E-state index contributed by atoms with van der Waals surface area (Å²) in [5.74, 6) is 0.542. The van der Waals surface area contributed by atoms with Gasteiger partial charge in [-0.1, -0.05) is 32.0 Å². The molecule has 2 N–H and O–H groups in total. The van der Waals surface area contributed by atoms with Gasteiger partial charge < -0.3 is 19.9 Å². The number of benzene rings is 2. The predicted octanol–water partition coefficient (Wildman–Crippen LogP) is 4.95. The van der Waals surface area contributed by atoms with Crippen molar-refractivity contribution in [3.05, 3.63) is 68.8 Å². The summed E-state index contributed by atoms with van der Waals surface area (Å²) in [6, 6.07) is 9.63. The van der Waals surface area contributed by atoms with Gasteiger partial charge in [-0.15, -0.1) is 0 Å². The van der Waals surface area contributed by atoms with Crippen molar-refractivity contribution in [2.45, 2.75) is 72.1 Å². The van der Waals surface area contributed by atoms with E-state index in [-0.39, 0.29) is 18.9 Å². The number of nitrogens with one attached hydrogen (secondary N) is 1. The number of rotatable bonds is 8. The lowest BCUT2D eigenvalue weighted by atomic mass is 9.75. The Morgan fingerprint density at radius 3 is 2.36 bits per heavy atom. The van der Waals surface area contributed by atoms with Crippen LogP contribution in [0.4, 0.5) is 10.5 Å². The van der Waals surface area contributed by atoms with Gasteiger partial charge in [0, 0.05) is 17.0 Å². The molecule has 8 nitrogen and oxygen atoms in total. The summed E-state index contributed by atoms with van der Waals surface area (Å²) >= 11 is 0. The van der Waals surface area contributed by atoms with Crippen molar-refractivity contribution >= 4 is 11.8 Å². The number of nitrogens with zero attached hydrogens (tertiary/aromatic N) is 1. The van der Waals surface area contributed by atoms with Gasteiger partial charge >= 0.3 is 6.09 Å². The fraction of sp³-hybridized carbons (Fsp3) is 0.480. The summed E-state index contributed by atoms with van der Waals surface area (Å²) in [5.41, 5.74) is 1.70. The van der Waals surface area contributed by atoms with Crippen LogP contribution in [0.15, 0.2) is 36.4 Å². The van der Waals surface area contributed by atoms with E-state index in [1.807, 2.05) is 39.8 Å². The highest BCUT2D eigenvalue weighted by Gasteiger charge is 2.37. The Balaban J connectivity index is 2.41. The number of nitro groups is 1. The van der Waals surface area contributed by atoms with Crippen molar-refractivity contribution in [1.82, 2.24) is 5.32 Å². The molecule has 0 aliphatic rings. The summed E-state index contributed by atoms with van der Waals surface area (Å²) in [4.78, 5) is 23.3. The third-order valence-electron chi connectivity index (χ3n) is 5.40. The number of hydrogen-bond donors (Lipinski definition) is 2. The largest absolute Gasteiger partial charge is 0.488 e. The Bertz CT molecular complexity index is 1010. The van der Waals surface area contributed by atoms with Crippen LogP contribution in [0.1, 0.15) is 56.9 Å². The number of amides is 1. The van der Waals surface area contributed by atoms with E-state index in [9.17, 15) is 20.0 Å². The number of aliphatic hydroxyl groups excluding tert-OH is 1. The number of alkyl carbamates (subject to hydrolysis) is 1. The highest BCUT2D eigenvalue weighted by Crippen LogP contribution is 2.38. The molecule has 1 amide bonds. The molecule has 1 atom stereocenters. The van der Waals surface area contributed by atoms with E-state index in [0.717, 1.165) is 16.7 Å². The van der Waals surface area contributed by atoms with Gasteiger partial charge in [0.1, 0.15) is 18.0 Å². The molecule has 2 aromatic rings. The Morgan fingerprint density at radius 1 is 1.15 bits per heavy atom. The maximum absolute atomic E-state index is 12.4. The van der Waals surface area contributed by atoms with Crippen molar-refractivity contribution < 1.29 is 24.3 Å². The quantitative estimate of drug-likeness (QED) is 0.427. The topological polar surface area (TPSA) is 111 Å². The second kappa shape index (κ2) is 10.2. The van der Waals surface area contributed by atoms with E-state index < -0.39 is 28.1 Å². The first-order valence-electron chi connectivity index (χ1n) is 10.8. The van der Waals surface area contributed by atoms with Crippen LogP contribution in [0.5, 0.6) is 5.75 Å². The van der Waals surface area contributed by atoms with Crippen LogP contribution in [-0.4, -0.2) is 34.4 Å². The van der Waals surface area contributed by atoms with Crippen LogP contribution in [0.2, 0.25) is 0 Å². The predicted molar refractivity (Wildman–Crippen MR) is 127 cm³/mol. The number of carbonyl (C=O) groups excluding carboxylic acids is 1. The zero-order valence-electron chi connectivity index (χ0n) is 20.4. The fourth-order valence-electron chi connectivity index (χ4n) is 3.91. The molecule has 0 unspecified atom stereocenters. The molecule has 0 heterocycles. The third-order valence-corrected chi connectivity index (χ3v) is 5.40. The number of aliphatic hydroxyl groups is 1. The van der Waals surface area contributed by atoms with Crippen molar-refractivity contribution in [3.8, 4) is 5.75 Å². The van der Waals surface area contributed by atoms with Gasteiger partial charge in [-0.3, -0.25) is 10.1 Å². The standard InChI is InChI=1S/C25H34N2O6/c1-16-12-17(2)22(25(6,7)21(14-28)26-23(29)33-24(3,4)5)20(13-16)32-15-18-10-8-9-11-19(18)27(30)31/h8-13,21,28H,14-15H2,1-7H3,(H,26,29)/t21-/m1/s1. The molecular weight excluding hydrogens is 424 g/mol. The molecule has 0 aromatic heterocycles. The van der Waals surface area contributed by atoms with E-state index in [1.54, 1.807) is 39.0 Å². The lowest BCUT2D eigenvalue weighted by Crippen LogP contribution is -2.51. The fourth-order valence-corrected chi connectivity index (χ4v) is 3.91. The molecular formula is C25H34N2O6. The van der Waals surface area contributed by atoms with Crippen molar-refractivity contribution in [3.63, 3.8) is 0 Å². The van der Waals surface area contributed by atoms with Crippen molar-refractivity contribution in [2.24, 2.45) is 0 Å². The molecule has 33 heavy (non-hydrogen) atoms. The smallest absolute Gasteiger partial charge is 0.407 e. The maximum Gasteiger partial charge on any atom is 0.407 e. The van der Waals surface area contributed by atoms with E-state index in [1.165, 1.54) is 6.07 Å². The van der Waals surface area contributed by atoms with Crippen LogP contribution in [0, 0.1) is 24.0 Å². The summed E-state index contributed by atoms with van der Waals surface area (Å²) in [6.07, 6.45) is -0.623. The van der Waals surface area contributed by atoms with Gasteiger partial charge in [0.25, 0.3) is 5.69 Å². The zero-order chi connectivity index (χ0) is 25.0. The van der Waals surface area contributed by atoms with Gasteiger partial charge in [0.2, 0.25) is 0 Å². The molecule has 0 aliphatic carbocycles. The lowest BCUT2D eigenvalue weighted by molar-refractivity contribution is -0.385. The van der Waals surface area contributed by atoms with Crippen molar-refractivity contribution in [1.29, 1.82) is 0 Å². The number of para-hydroxylation sites is 1. The molecule has 0 bridgehead atoms. The first kappa shape index (κ1) is 26.1. The number of carbonyl (C=O) groups is 1.